The molecule has 0 N–H and O–H groups in total. The zero-order chi connectivity index (χ0) is 37.9. The maximum Gasteiger partial charge on any atom is 0.460 e. The number of alkyl halides is 9. The Kier molecular flexibility index (Phi) is 28.6. The maximum atomic E-state index is 12.1. The van der Waals surface area contributed by atoms with E-state index in [1.54, 1.807) is 50.3 Å². The van der Waals surface area contributed by atoms with Crippen LogP contribution in [0.25, 0.3) is 0 Å². The van der Waals surface area contributed by atoms with Crippen molar-refractivity contribution in [1.29, 1.82) is 0 Å². The third-order valence-corrected chi connectivity index (χ3v) is 14.4. The molecule has 2 nitrogen and oxygen atoms in total. The van der Waals surface area contributed by atoms with Gasteiger partial charge in [-0.15, -0.1) is 0 Å². The molecule has 0 aromatic heterocycles. The number of carboxylic acid groups (broad SMARTS) is 1. The molecule has 0 aliphatic heterocycles. The van der Waals surface area contributed by atoms with Crippen LogP contribution in [0.15, 0.2) is 0 Å². The summed E-state index contributed by atoms with van der Waals surface area (Å²) < 4.78 is 106. The molecule has 0 bridgehead atoms. The van der Waals surface area contributed by atoms with Crippen LogP contribution in [-0.2, 0) is 4.79 Å². The number of hydrogen-bond donors (Lipinski definition) is 0. The molecule has 0 atom stereocenters. The number of aliphatic carboxylic acids is 1. The van der Waals surface area contributed by atoms with E-state index >= 15 is 0 Å². The molecular weight excluding hydrogens is 678 g/mol. The highest BCUT2D eigenvalue weighted by atomic mass is 31.2. The SMILES string of the molecule is CCCCCCCCCCCCCC[P+](CCCCCC)(CCCCCC)CCCCCC.O=C([O-])C(F)(F)C(F)(F)C(F)(F)C(F)(F)F. The normalized spacial score (nSPS) is 13.0. The van der Waals surface area contributed by atoms with Gasteiger partial charge in [0.25, 0.3) is 0 Å². The van der Waals surface area contributed by atoms with Crippen LogP contribution < -0.4 is 5.11 Å². The van der Waals surface area contributed by atoms with Crippen molar-refractivity contribution < 1.29 is 49.4 Å². The number of unbranched alkanes of at least 4 members (excludes halogenated alkanes) is 20. The van der Waals surface area contributed by atoms with E-state index in [4.69, 9.17) is 0 Å². The van der Waals surface area contributed by atoms with Gasteiger partial charge in [0.15, 0.2) is 0 Å². The zero-order valence-corrected chi connectivity index (χ0v) is 31.9. The van der Waals surface area contributed by atoms with E-state index in [2.05, 4.69) is 27.7 Å². The molecule has 0 aromatic rings. The standard InChI is InChI=1S/C32H68P.C5HF9O2/c1-5-9-13-17-18-19-20-21-22-23-24-28-32-33(29-25-14-10-6-2,30-26-15-11-7-3)31-27-16-12-8-4;6-2(7,1(15)16)3(8,9)4(10,11)5(12,13)14/h5-32H2,1-4H3;(H,15,16)/q+1;/p-1. The fourth-order valence-electron chi connectivity index (χ4n) is 6.08. The summed E-state index contributed by atoms with van der Waals surface area (Å²) in [7, 11) is -0.697. The van der Waals surface area contributed by atoms with Crippen molar-refractivity contribution in [3.05, 3.63) is 0 Å². The first-order chi connectivity index (χ1) is 22.9. The third kappa shape index (κ3) is 20.8. The van der Waals surface area contributed by atoms with Gasteiger partial charge in [-0.1, -0.05) is 130 Å². The van der Waals surface area contributed by atoms with Crippen LogP contribution in [0.4, 0.5) is 39.5 Å². The Morgan fingerprint density at radius 3 is 0.857 bits per heavy atom. The minimum atomic E-state index is -7.20. The van der Waals surface area contributed by atoms with Crippen molar-refractivity contribution in [2.24, 2.45) is 0 Å². The molecule has 0 heterocycles. The Bertz CT molecular complexity index is 761. The highest BCUT2D eigenvalue weighted by Gasteiger charge is 2.82. The van der Waals surface area contributed by atoms with Gasteiger partial charge in [-0.25, -0.2) is 0 Å². The first-order valence-electron chi connectivity index (χ1n) is 19.2. The van der Waals surface area contributed by atoms with Crippen molar-refractivity contribution in [3.63, 3.8) is 0 Å². The summed E-state index contributed by atoms with van der Waals surface area (Å²) in [5, 5.41) is 9.40. The molecule has 49 heavy (non-hydrogen) atoms. The number of carbonyl (C=O) groups excluding carboxylic acids is 1. The van der Waals surface area contributed by atoms with E-state index < -0.39 is 37.2 Å². The lowest BCUT2D eigenvalue weighted by molar-refractivity contribution is -0.410. The first kappa shape index (κ1) is 50.4. The second-order valence-corrected chi connectivity index (χ2v) is 18.3. The largest absolute Gasteiger partial charge is 0.544 e. The summed E-state index contributed by atoms with van der Waals surface area (Å²) >= 11 is 0. The third-order valence-electron chi connectivity index (χ3n) is 9.35. The number of carboxylic acids is 1. The van der Waals surface area contributed by atoms with Crippen molar-refractivity contribution in [2.75, 3.05) is 24.6 Å². The lowest BCUT2D eigenvalue weighted by atomic mass is 10.0. The van der Waals surface area contributed by atoms with E-state index in [0.29, 0.717) is 0 Å². The highest BCUT2D eigenvalue weighted by Crippen LogP contribution is 2.61. The molecule has 0 amide bonds. The molecule has 0 saturated carbocycles. The van der Waals surface area contributed by atoms with Gasteiger partial charge < -0.3 is 9.90 Å². The maximum absolute atomic E-state index is 12.1. The Morgan fingerprint density at radius 1 is 0.408 bits per heavy atom. The molecule has 0 fully saturated rings. The average molecular weight is 747 g/mol. The summed E-state index contributed by atoms with van der Waals surface area (Å²) in [5.74, 6) is -25.1. The number of hydrogen-bond acceptors (Lipinski definition) is 2. The molecular formula is C37H68F9O2P. The molecule has 12 heteroatoms. The average Bonchev–Trinajstić information content (AvgIpc) is 3.03. The molecule has 0 aliphatic carbocycles. The number of rotatable bonds is 31. The van der Waals surface area contributed by atoms with E-state index in [0.717, 1.165) is 0 Å². The van der Waals surface area contributed by atoms with Crippen LogP contribution in [-0.4, -0.2) is 54.6 Å². The van der Waals surface area contributed by atoms with Gasteiger partial charge in [-0.2, -0.15) is 39.5 Å². The van der Waals surface area contributed by atoms with Gasteiger partial charge >= 0.3 is 23.9 Å². The van der Waals surface area contributed by atoms with Crippen molar-refractivity contribution >= 4 is 13.2 Å². The molecule has 0 spiro atoms. The van der Waals surface area contributed by atoms with E-state index in [1.807, 2.05) is 0 Å². The Balaban J connectivity index is 0. The van der Waals surface area contributed by atoms with Gasteiger partial charge in [0.05, 0.1) is 24.6 Å². The lowest BCUT2D eigenvalue weighted by Crippen LogP contribution is -2.65. The fraction of sp³-hybridized carbons (Fsp3) is 0.973. The number of carbonyl (C=O) groups is 1. The Hall–Kier alpha value is -0.730. The Morgan fingerprint density at radius 2 is 0.633 bits per heavy atom. The van der Waals surface area contributed by atoms with Gasteiger partial charge in [-0.3, -0.25) is 0 Å². The lowest BCUT2D eigenvalue weighted by Gasteiger charge is -2.33. The van der Waals surface area contributed by atoms with Crippen LogP contribution in [0.5, 0.6) is 0 Å². The topological polar surface area (TPSA) is 40.1 Å². The van der Waals surface area contributed by atoms with E-state index in [-0.39, 0.29) is 0 Å². The first-order valence-corrected chi connectivity index (χ1v) is 21.7. The van der Waals surface area contributed by atoms with Crippen LogP contribution >= 0.6 is 7.26 Å². The molecule has 0 aromatic carbocycles. The molecule has 296 valence electrons. The van der Waals surface area contributed by atoms with Crippen LogP contribution in [0.3, 0.4) is 0 Å². The van der Waals surface area contributed by atoms with Gasteiger partial charge in [0, 0.05) is 7.26 Å². The minimum Gasteiger partial charge on any atom is -0.544 e. The fourth-order valence-corrected chi connectivity index (χ4v) is 11.0. The summed E-state index contributed by atoms with van der Waals surface area (Å²) in [6, 6.07) is 0. The van der Waals surface area contributed by atoms with Crippen LogP contribution in [0, 0.1) is 0 Å². The highest BCUT2D eigenvalue weighted by molar-refractivity contribution is 7.75. The Labute approximate surface area is 292 Å². The summed E-state index contributed by atoms with van der Waals surface area (Å²) in [5.41, 5.74) is 0. The molecule has 0 unspecified atom stereocenters. The summed E-state index contributed by atoms with van der Waals surface area (Å²) in [6.07, 6.45) is 35.1. The smallest absolute Gasteiger partial charge is 0.460 e. The predicted octanol–water partition coefficient (Wildman–Crippen LogP) is 13.7. The van der Waals surface area contributed by atoms with Gasteiger partial charge in [-0.05, 0) is 51.4 Å². The quantitative estimate of drug-likeness (QED) is 0.0403. The predicted molar refractivity (Wildman–Crippen MR) is 186 cm³/mol. The number of halogens is 9. The van der Waals surface area contributed by atoms with Crippen molar-refractivity contribution in [1.82, 2.24) is 0 Å². The molecule has 0 radical (unpaired) electrons. The van der Waals surface area contributed by atoms with E-state index in [9.17, 15) is 49.4 Å². The molecule has 0 aliphatic rings. The summed E-state index contributed by atoms with van der Waals surface area (Å²) in [6.45, 7) is 9.41. The second-order valence-electron chi connectivity index (χ2n) is 13.8. The van der Waals surface area contributed by atoms with Crippen LogP contribution in [0.1, 0.15) is 182 Å². The minimum absolute atomic E-state index is 0.697. The summed E-state index contributed by atoms with van der Waals surface area (Å²) in [4.78, 5) is 9.40. The van der Waals surface area contributed by atoms with Crippen molar-refractivity contribution in [2.45, 2.75) is 206 Å². The van der Waals surface area contributed by atoms with Crippen LogP contribution in [0.2, 0.25) is 0 Å². The second kappa shape index (κ2) is 27.9. The van der Waals surface area contributed by atoms with Gasteiger partial charge in [0.1, 0.15) is 5.97 Å². The molecule has 0 saturated heterocycles. The monoisotopic (exact) mass is 746 g/mol. The van der Waals surface area contributed by atoms with Crippen molar-refractivity contribution in [3.8, 4) is 0 Å². The van der Waals surface area contributed by atoms with Gasteiger partial charge in [0.2, 0.25) is 0 Å². The van der Waals surface area contributed by atoms with E-state index in [1.165, 1.54) is 128 Å². The zero-order valence-electron chi connectivity index (χ0n) is 31.0. The molecule has 0 rings (SSSR count).